The molecule has 0 saturated heterocycles. The number of carboxylic acids is 1. The van der Waals surface area contributed by atoms with E-state index in [0.29, 0.717) is 0 Å². The Labute approximate surface area is 106 Å². The fraction of sp³-hybridized carbons (Fsp3) is 0.583. The molecule has 1 N–H and O–H groups in total. The van der Waals surface area contributed by atoms with Gasteiger partial charge in [0.25, 0.3) is 0 Å². The van der Waals surface area contributed by atoms with Gasteiger partial charge in [0.2, 0.25) is 0 Å². The van der Waals surface area contributed by atoms with E-state index in [0.717, 1.165) is 0 Å². The van der Waals surface area contributed by atoms with E-state index in [-0.39, 0.29) is 24.1 Å². The van der Waals surface area contributed by atoms with Crippen molar-refractivity contribution in [2.24, 2.45) is 0 Å². The zero-order chi connectivity index (χ0) is 13.9. The van der Waals surface area contributed by atoms with Gasteiger partial charge in [-0.05, 0) is 33.8 Å². The summed E-state index contributed by atoms with van der Waals surface area (Å²) in [5, 5.41) is 12.6. The van der Waals surface area contributed by atoms with Crippen molar-refractivity contribution in [1.29, 1.82) is 0 Å². The van der Waals surface area contributed by atoms with E-state index in [9.17, 15) is 9.59 Å². The van der Waals surface area contributed by atoms with Gasteiger partial charge in [-0.25, -0.2) is 4.79 Å². The van der Waals surface area contributed by atoms with Crippen LogP contribution in [-0.2, 0) is 9.53 Å². The Morgan fingerprint density at radius 1 is 1.50 bits per heavy atom. The smallest absolute Gasteiger partial charge is 0.356 e. The van der Waals surface area contributed by atoms with Crippen molar-refractivity contribution in [3.05, 3.63) is 18.0 Å². The second-order valence-electron chi connectivity index (χ2n) is 5.13. The number of ether oxygens (including phenoxy) is 1. The molecule has 0 spiro atoms. The first-order chi connectivity index (χ1) is 8.19. The normalized spacial score (nSPS) is 13.1. The molecule has 0 unspecified atom stereocenters. The lowest BCUT2D eigenvalue weighted by Gasteiger charge is -2.21. The van der Waals surface area contributed by atoms with Gasteiger partial charge in [-0.3, -0.25) is 9.48 Å². The number of hydrogen-bond donors (Lipinski definition) is 1. The molecule has 18 heavy (non-hydrogen) atoms. The number of carboxylic acid groups (broad SMARTS) is 1. The Morgan fingerprint density at radius 3 is 2.56 bits per heavy atom. The van der Waals surface area contributed by atoms with E-state index < -0.39 is 11.6 Å². The van der Waals surface area contributed by atoms with Crippen molar-refractivity contribution in [3.8, 4) is 0 Å². The van der Waals surface area contributed by atoms with Crippen molar-refractivity contribution in [1.82, 2.24) is 9.78 Å². The van der Waals surface area contributed by atoms with Crippen molar-refractivity contribution in [3.63, 3.8) is 0 Å². The maximum atomic E-state index is 11.6. The van der Waals surface area contributed by atoms with Gasteiger partial charge in [0, 0.05) is 6.20 Å². The molecule has 1 rings (SSSR count). The van der Waals surface area contributed by atoms with E-state index in [2.05, 4.69) is 5.10 Å². The summed E-state index contributed by atoms with van der Waals surface area (Å²) in [5.41, 5.74) is -0.557. The van der Waals surface area contributed by atoms with Gasteiger partial charge in [0.05, 0.1) is 12.5 Å². The van der Waals surface area contributed by atoms with Crippen LogP contribution in [0.15, 0.2) is 12.3 Å². The molecule has 100 valence electrons. The summed E-state index contributed by atoms with van der Waals surface area (Å²) in [5.74, 6) is -1.42. The molecular weight excluding hydrogens is 236 g/mol. The zero-order valence-corrected chi connectivity index (χ0v) is 11.0. The number of carbonyl (C=O) groups is 2. The van der Waals surface area contributed by atoms with Gasteiger partial charge in [-0.1, -0.05) is 0 Å². The van der Waals surface area contributed by atoms with Crippen molar-refractivity contribution < 1.29 is 19.4 Å². The molecule has 1 heterocycles. The summed E-state index contributed by atoms with van der Waals surface area (Å²) in [7, 11) is 0. The molecule has 0 aromatic carbocycles. The van der Waals surface area contributed by atoms with E-state index in [1.165, 1.54) is 10.7 Å². The number of esters is 1. The highest BCUT2D eigenvalue weighted by Gasteiger charge is 2.20. The first-order valence-electron chi connectivity index (χ1n) is 5.69. The Hall–Kier alpha value is -1.85. The molecule has 0 bridgehead atoms. The van der Waals surface area contributed by atoms with E-state index in [4.69, 9.17) is 9.84 Å². The van der Waals surface area contributed by atoms with Crippen molar-refractivity contribution in [2.45, 2.75) is 45.8 Å². The van der Waals surface area contributed by atoms with Crippen LogP contribution in [0.5, 0.6) is 0 Å². The maximum Gasteiger partial charge on any atom is 0.356 e. The van der Waals surface area contributed by atoms with Crippen LogP contribution in [0.25, 0.3) is 0 Å². The topological polar surface area (TPSA) is 81.4 Å². The SMILES string of the molecule is C[C@H](CC(=O)OC(C)(C)C)n1ccc(C(=O)O)n1. The van der Waals surface area contributed by atoms with Gasteiger partial charge in [0.1, 0.15) is 5.60 Å². The number of aromatic nitrogens is 2. The standard InChI is InChI=1S/C12H18N2O4/c1-8(7-10(15)18-12(2,3)4)14-6-5-9(13-14)11(16)17/h5-6,8H,7H2,1-4H3,(H,16,17)/t8-/m1/s1. The lowest BCUT2D eigenvalue weighted by atomic mass is 10.2. The zero-order valence-electron chi connectivity index (χ0n) is 11.0. The van der Waals surface area contributed by atoms with Gasteiger partial charge >= 0.3 is 11.9 Å². The predicted octanol–water partition coefficient (Wildman–Crippen LogP) is 1.87. The molecule has 6 nitrogen and oxygen atoms in total. The minimum Gasteiger partial charge on any atom is -0.476 e. The van der Waals surface area contributed by atoms with Gasteiger partial charge in [-0.2, -0.15) is 5.10 Å². The van der Waals surface area contributed by atoms with Crippen LogP contribution in [0.3, 0.4) is 0 Å². The third-order valence-corrected chi connectivity index (χ3v) is 2.16. The van der Waals surface area contributed by atoms with Gasteiger partial charge in [0.15, 0.2) is 5.69 Å². The Balaban J connectivity index is 2.62. The third-order valence-electron chi connectivity index (χ3n) is 2.16. The number of rotatable bonds is 4. The quantitative estimate of drug-likeness (QED) is 0.829. The largest absolute Gasteiger partial charge is 0.476 e. The van der Waals surface area contributed by atoms with E-state index in [1.54, 1.807) is 33.9 Å². The molecule has 1 atom stereocenters. The number of carbonyl (C=O) groups excluding carboxylic acids is 1. The van der Waals surface area contributed by atoms with Crippen LogP contribution in [0.2, 0.25) is 0 Å². The monoisotopic (exact) mass is 254 g/mol. The summed E-state index contributed by atoms with van der Waals surface area (Å²) in [4.78, 5) is 22.3. The van der Waals surface area contributed by atoms with Gasteiger partial charge in [-0.15, -0.1) is 0 Å². The summed E-state index contributed by atoms with van der Waals surface area (Å²) in [6, 6.07) is 1.15. The highest BCUT2D eigenvalue weighted by molar-refractivity contribution is 5.85. The number of nitrogens with zero attached hydrogens (tertiary/aromatic N) is 2. The molecular formula is C12H18N2O4. The molecule has 0 aliphatic rings. The molecule has 6 heteroatoms. The van der Waals surface area contributed by atoms with Crippen LogP contribution >= 0.6 is 0 Å². The Bertz CT molecular complexity index is 445. The lowest BCUT2D eigenvalue weighted by molar-refractivity contribution is -0.155. The fourth-order valence-electron chi connectivity index (χ4n) is 1.42. The van der Waals surface area contributed by atoms with Crippen molar-refractivity contribution in [2.75, 3.05) is 0 Å². The van der Waals surface area contributed by atoms with E-state index in [1.807, 2.05) is 0 Å². The third kappa shape index (κ3) is 4.20. The lowest BCUT2D eigenvalue weighted by Crippen LogP contribution is -2.25. The average Bonchev–Trinajstić information content (AvgIpc) is 2.62. The molecule has 0 saturated carbocycles. The molecule has 0 fully saturated rings. The summed E-state index contributed by atoms with van der Waals surface area (Å²) < 4.78 is 6.64. The molecule has 0 amide bonds. The summed E-state index contributed by atoms with van der Waals surface area (Å²) in [6.07, 6.45) is 1.69. The van der Waals surface area contributed by atoms with Crippen LogP contribution in [0.4, 0.5) is 0 Å². The van der Waals surface area contributed by atoms with Crippen LogP contribution in [0, 0.1) is 0 Å². The Kier molecular flexibility index (Phi) is 4.11. The molecule has 0 radical (unpaired) electrons. The van der Waals surface area contributed by atoms with Gasteiger partial charge < -0.3 is 9.84 Å². The van der Waals surface area contributed by atoms with Crippen molar-refractivity contribution >= 4 is 11.9 Å². The second kappa shape index (κ2) is 5.20. The molecule has 0 aliphatic carbocycles. The number of aromatic carboxylic acids is 1. The second-order valence-corrected chi connectivity index (χ2v) is 5.13. The molecule has 1 aromatic heterocycles. The molecule has 1 aromatic rings. The highest BCUT2D eigenvalue weighted by Crippen LogP contribution is 2.15. The van der Waals surface area contributed by atoms with E-state index >= 15 is 0 Å². The van der Waals surface area contributed by atoms with Crippen LogP contribution in [0.1, 0.15) is 50.6 Å². The Morgan fingerprint density at radius 2 is 2.11 bits per heavy atom. The predicted molar refractivity (Wildman–Crippen MR) is 64.4 cm³/mol. The van der Waals surface area contributed by atoms with Crippen LogP contribution < -0.4 is 0 Å². The molecule has 0 aliphatic heterocycles. The highest BCUT2D eigenvalue weighted by atomic mass is 16.6. The van der Waals surface area contributed by atoms with Crippen LogP contribution in [-0.4, -0.2) is 32.4 Å². The average molecular weight is 254 g/mol. The first kappa shape index (κ1) is 14.2. The minimum absolute atomic E-state index is 0.0361. The maximum absolute atomic E-state index is 11.6. The fourth-order valence-corrected chi connectivity index (χ4v) is 1.42. The first-order valence-corrected chi connectivity index (χ1v) is 5.69. The minimum atomic E-state index is -1.08. The number of hydrogen-bond acceptors (Lipinski definition) is 4. The summed E-state index contributed by atoms with van der Waals surface area (Å²) >= 11 is 0. The summed E-state index contributed by atoms with van der Waals surface area (Å²) in [6.45, 7) is 7.17.